The quantitative estimate of drug-likeness (QED) is 0.532. The lowest BCUT2D eigenvalue weighted by molar-refractivity contribution is -0.385. The molecule has 19 heavy (non-hydrogen) atoms. The van der Waals surface area contributed by atoms with Crippen LogP contribution < -0.4 is 5.32 Å². The van der Waals surface area contributed by atoms with Gasteiger partial charge in [0.15, 0.2) is 6.10 Å². The molecule has 0 saturated carbocycles. The lowest BCUT2D eigenvalue weighted by Crippen LogP contribution is -2.36. The van der Waals surface area contributed by atoms with Gasteiger partial charge in [-0.15, -0.1) is 0 Å². The summed E-state index contributed by atoms with van der Waals surface area (Å²) in [5.41, 5.74) is -0.294. The van der Waals surface area contributed by atoms with Gasteiger partial charge in [0.25, 0.3) is 11.6 Å². The Morgan fingerprint density at radius 3 is 2.58 bits per heavy atom. The third-order valence-electron chi connectivity index (χ3n) is 2.10. The van der Waals surface area contributed by atoms with Crippen LogP contribution >= 0.6 is 15.9 Å². The van der Waals surface area contributed by atoms with E-state index >= 15 is 0 Å². The van der Waals surface area contributed by atoms with E-state index in [4.69, 9.17) is 10.2 Å². The number of carboxylic acids is 1. The van der Waals surface area contributed by atoms with Crippen LogP contribution in [0.5, 0.6) is 0 Å². The second kappa shape index (κ2) is 6.25. The van der Waals surface area contributed by atoms with E-state index in [0.29, 0.717) is 4.47 Å². The number of halogens is 1. The minimum absolute atomic E-state index is 0.0151. The van der Waals surface area contributed by atoms with Crippen LogP contribution in [0.1, 0.15) is 10.4 Å². The van der Waals surface area contributed by atoms with Crippen molar-refractivity contribution in [1.29, 1.82) is 0 Å². The summed E-state index contributed by atoms with van der Waals surface area (Å²) in [6.45, 7) is -0.492. The minimum atomic E-state index is -1.73. The van der Waals surface area contributed by atoms with Crippen molar-refractivity contribution in [3.63, 3.8) is 0 Å². The van der Waals surface area contributed by atoms with Gasteiger partial charge in [-0.05, 0) is 6.07 Å². The zero-order valence-electron chi connectivity index (χ0n) is 9.37. The van der Waals surface area contributed by atoms with Crippen molar-refractivity contribution >= 4 is 33.5 Å². The van der Waals surface area contributed by atoms with Gasteiger partial charge in [0, 0.05) is 22.2 Å². The first-order valence-corrected chi connectivity index (χ1v) is 5.74. The topological polar surface area (TPSA) is 130 Å². The maximum Gasteiger partial charge on any atom is 0.334 e. The molecular weight excluding hydrogens is 324 g/mol. The second-order valence-corrected chi connectivity index (χ2v) is 4.43. The van der Waals surface area contributed by atoms with Crippen LogP contribution in [-0.2, 0) is 4.79 Å². The highest BCUT2D eigenvalue weighted by atomic mass is 79.9. The van der Waals surface area contributed by atoms with Crippen LogP contribution in [-0.4, -0.2) is 39.7 Å². The van der Waals surface area contributed by atoms with Gasteiger partial charge in [0.05, 0.1) is 11.5 Å². The fourth-order valence-electron chi connectivity index (χ4n) is 1.19. The average molecular weight is 333 g/mol. The van der Waals surface area contributed by atoms with Gasteiger partial charge in [0.1, 0.15) is 0 Å². The van der Waals surface area contributed by atoms with E-state index in [1.807, 2.05) is 0 Å². The molecule has 9 heteroatoms. The Bertz CT molecular complexity index is 533. The van der Waals surface area contributed by atoms with E-state index < -0.39 is 29.4 Å². The third-order valence-corrected chi connectivity index (χ3v) is 2.55. The molecule has 102 valence electrons. The van der Waals surface area contributed by atoms with Gasteiger partial charge in [-0.2, -0.15) is 0 Å². The van der Waals surface area contributed by atoms with E-state index in [0.717, 1.165) is 6.07 Å². The monoisotopic (exact) mass is 332 g/mol. The van der Waals surface area contributed by atoms with Gasteiger partial charge in [0.2, 0.25) is 0 Å². The molecule has 0 aliphatic carbocycles. The number of carbonyl (C=O) groups is 2. The highest BCUT2D eigenvalue weighted by Gasteiger charge is 2.17. The molecule has 0 aromatic heterocycles. The molecule has 0 aliphatic heterocycles. The van der Waals surface area contributed by atoms with E-state index in [1.54, 1.807) is 0 Å². The number of aliphatic carboxylic acids is 1. The minimum Gasteiger partial charge on any atom is -0.479 e. The number of nitrogens with one attached hydrogen (secondary N) is 1. The predicted octanol–water partition coefficient (Wildman–Crippen LogP) is 0.533. The molecule has 0 unspecified atom stereocenters. The first-order valence-electron chi connectivity index (χ1n) is 4.95. The number of non-ortho nitro benzene ring substituents is 1. The normalized spacial score (nSPS) is 11.7. The molecule has 1 atom stereocenters. The first-order chi connectivity index (χ1) is 8.81. The zero-order valence-corrected chi connectivity index (χ0v) is 11.0. The maximum absolute atomic E-state index is 11.6. The number of nitrogens with zero attached hydrogens (tertiary/aromatic N) is 1. The Morgan fingerprint density at radius 2 is 2.05 bits per heavy atom. The highest BCUT2D eigenvalue weighted by molar-refractivity contribution is 9.10. The van der Waals surface area contributed by atoms with E-state index in [-0.39, 0.29) is 11.3 Å². The number of nitro benzene ring substituents is 1. The number of amides is 1. The number of benzene rings is 1. The maximum atomic E-state index is 11.6. The summed E-state index contributed by atoms with van der Waals surface area (Å²) in [6.07, 6.45) is -1.73. The summed E-state index contributed by atoms with van der Waals surface area (Å²) in [4.78, 5) is 31.9. The SMILES string of the molecule is O=C(NC[C@H](O)C(=O)O)c1cc(Br)cc([N+](=O)[O-])c1. The highest BCUT2D eigenvalue weighted by Crippen LogP contribution is 2.21. The Balaban J connectivity index is 2.82. The number of rotatable bonds is 5. The average Bonchev–Trinajstić information content (AvgIpc) is 2.34. The molecule has 0 saturated heterocycles. The summed E-state index contributed by atoms with van der Waals surface area (Å²) in [7, 11) is 0. The number of nitro groups is 1. The number of carbonyl (C=O) groups excluding carboxylic acids is 1. The second-order valence-electron chi connectivity index (χ2n) is 3.52. The van der Waals surface area contributed by atoms with Gasteiger partial charge in [-0.25, -0.2) is 4.79 Å². The number of hydrogen-bond acceptors (Lipinski definition) is 5. The summed E-state index contributed by atoms with van der Waals surface area (Å²) in [5.74, 6) is -2.19. The molecule has 0 fully saturated rings. The molecule has 3 N–H and O–H groups in total. The molecule has 1 aromatic carbocycles. The van der Waals surface area contributed by atoms with Crippen molar-refractivity contribution < 1.29 is 24.7 Å². The fourth-order valence-corrected chi connectivity index (χ4v) is 1.67. The van der Waals surface area contributed by atoms with Gasteiger partial charge < -0.3 is 15.5 Å². The molecular formula is C10H9BrN2O6. The molecule has 8 nitrogen and oxygen atoms in total. The predicted molar refractivity (Wildman–Crippen MR) is 66.8 cm³/mol. The summed E-state index contributed by atoms with van der Waals surface area (Å²) in [5, 5.41) is 30.2. The Labute approximate surface area is 115 Å². The van der Waals surface area contributed by atoms with Crippen LogP contribution in [0.15, 0.2) is 22.7 Å². The zero-order chi connectivity index (χ0) is 14.6. The van der Waals surface area contributed by atoms with Crippen LogP contribution in [0.4, 0.5) is 5.69 Å². The molecule has 0 radical (unpaired) electrons. The third kappa shape index (κ3) is 4.30. The molecule has 0 spiro atoms. The van der Waals surface area contributed by atoms with Gasteiger partial charge in [-0.3, -0.25) is 14.9 Å². The van der Waals surface area contributed by atoms with Crippen molar-refractivity contribution in [3.8, 4) is 0 Å². The standard InChI is InChI=1S/C10H9BrN2O6/c11-6-1-5(2-7(3-6)13(18)19)9(15)12-4-8(14)10(16)17/h1-3,8,14H,4H2,(H,12,15)(H,16,17)/t8-/m0/s1. The summed E-state index contributed by atoms with van der Waals surface area (Å²) < 4.78 is 0.339. The number of hydrogen-bond donors (Lipinski definition) is 3. The molecule has 1 aromatic rings. The number of carboxylic acid groups (broad SMARTS) is 1. The molecule has 0 bridgehead atoms. The Kier molecular flexibility index (Phi) is 4.95. The van der Waals surface area contributed by atoms with Crippen molar-refractivity contribution in [2.24, 2.45) is 0 Å². The Hall–Kier alpha value is -2.00. The fraction of sp³-hybridized carbons (Fsp3) is 0.200. The van der Waals surface area contributed by atoms with Crippen LogP contribution in [0.2, 0.25) is 0 Å². The van der Waals surface area contributed by atoms with Crippen LogP contribution in [0.3, 0.4) is 0 Å². The Morgan fingerprint density at radius 1 is 1.42 bits per heavy atom. The summed E-state index contributed by atoms with van der Waals surface area (Å²) in [6, 6.07) is 3.62. The lowest BCUT2D eigenvalue weighted by Gasteiger charge is -2.08. The molecule has 1 amide bonds. The largest absolute Gasteiger partial charge is 0.479 e. The van der Waals surface area contributed by atoms with Gasteiger partial charge in [-0.1, -0.05) is 15.9 Å². The van der Waals surface area contributed by atoms with Crippen molar-refractivity contribution in [3.05, 3.63) is 38.3 Å². The number of aliphatic hydroxyl groups is 1. The lowest BCUT2D eigenvalue weighted by atomic mass is 10.2. The molecule has 0 heterocycles. The number of aliphatic hydroxyl groups excluding tert-OH is 1. The smallest absolute Gasteiger partial charge is 0.334 e. The van der Waals surface area contributed by atoms with Crippen LogP contribution in [0.25, 0.3) is 0 Å². The van der Waals surface area contributed by atoms with Crippen molar-refractivity contribution in [2.75, 3.05) is 6.54 Å². The van der Waals surface area contributed by atoms with E-state index in [1.165, 1.54) is 12.1 Å². The van der Waals surface area contributed by atoms with Crippen LogP contribution in [0, 0.1) is 10.1 Å². The van der Waals surface area contributed by atoms with E-state index in [9.17, 15) is 19.7 Å². The van der Waals surface area contributed by atoms with E-state index in [2.05, 4.69) is 21.2 Å². The van der Waals surface area contributed by atoms with Crippen molar-refractivity contribution in [1.82, 2.24) is 5.32 Å². The summed E-state index contributed by atoms with van der Waals surface area (Å²) >= 11 is 3.02. The first kappa shape index (κ1) is 15.1. The molecule has 0 aliphatic rings. The van der Waals surface area contributed by atoms with Gasteiger partial charge >= 0.3 is 5.97 Å². The van der Waals surface area contributed by atoms with Crippen molar-refractivity contribution in [2.45, 2.75) is 6.10 Å². The molecule has 1 rings (SSSR count).